The summed E-state index contributed by atoms with van der Waals surface area (Å²) in [5, 5.41) is 8.75. The second kappa shape index (κ2) is 6.97. The van der Waals surface area contributed by atoms with E-state index in [0.29, 0.717) is 16.8 Å². The molecule has 0 aromatic heterocycles. The Bertz CT molecular complexity index is 848. The Balaban J connectivity index is 1.63. The van der Waals surface area contributed by atoms with Crippen molar-refractivity contribution in [2.45, 2.75) is 19.4 Å². The molecular weight excluding hydrogens is 320 g/mol. The highest BCUT2D eigenvalue weighted by molar-refractivity contribution is 6.19. The van der Waals surface area contributed by atoms with Crippen molar-refractivity contribution >= 4 is 23.5 Å². The highest BCUT2D eigenvalue weighted by Crippen LogP contribution is 2.23. The van der Waals surface area contributed by atoms with Crippen LogP contribution in [0.5, 0.6) is 0 Å². The van der Waals surface area contributed by atoms with E-state index in [1.54, 1.807) is 36.4 Å². The van der Waals surface area contributed by atoms with E-state index < -0.39 is 5.97 Å². The number of ether oxygens (including phenoxy) is 1. The maximum Gasteiger partial charge on any atom is 0.338 e. The lowest BCUT2D eigenvalue weighted by Crippen LogP contribution is -2.28. The zero-order chi connectivity index (χ0) is 17.8. The fourth-order valence-corrected chi connectivity index (χ4v) is 2.52. The van der Waals surface area contributed by atoms with Crippen LogP contribution in [-0.2, 0) is 20.9 Å². The van der Waals surface area contributed by atoms with Gasteiger partial charge in [0.2, 0.25) is 11.8 Å². The monoisotopic (exact) mass is 334 g/mol. The molecule has 0 spiro atoms. The molecule has 0 saturated carbocycles. The van der Waals surface area contributed by atoms with Crippen molar-refractivity contribution < 1.29 is 19.1 Å². The summed E-state index contributed by atoms with van der Waals surface area (Å²) in [4.78, 5) is 36.6. The molecule has 2 aromatic carbocycles. The second-order valence-electron chi connectivity index (χ2n) is 5.55. The molecule has 1 heterocycles. The van der Waals surface area contributed by atoms with E-state index in [4.69, 9.17) is 10.00 Å². The van der Waals surface area contributed by atoms with Gasteiger partial charge in [0.1, 0.15) is 6.61 Å². The standard InChI is InChI=1S/C19H14N2O4/c20-11-13-1-3-14(4-2-13)12-25-19(24)15-5-7-16(8-6-15)21-17(22)9-10-18(21)23/h1-8H,9-10,12H2. The van der Waals surface area contributed by atoms with Crippen molar-refractivity contribution in [2.75, 3.05) is 4.90 Å². The van der Waals surface area contributed by atoms with Crippen LogP contribution in [0, 0.1) is 11.3 Å². The molecule has 1 aliphatic heterocycles. The molecule has 0 radical (unpaired) electrons. The maximum atomic E-state index is 12.1. The first-order chi connectivity index (χ1) is 12.1. The number of hydrogen-bond donors (Lipinski definition) is 0. The van der Waals surface area contributed by atoms with Gasteiger partial charge in [0.15, 0.2) is 0 Å². The lowest BCUT2D eigenvalue weighted by molar-refractivity contribution is -0.121. The Labute approximate surface area is 144 Å². The zero-order valence-corrected chi connectivity index (χ0v) is 13.3. The summed E-state index contributed by atoms with van der Waals surface area (Å²) in [5.74, 6) is -0.975. The van der Waals surface area contributed by atoms with Crippen LogP contribution in [0.25, 0.3) is 0 Å². The van der Waals surface area contributed by atoms with E-state index in [1.807, 2.05) is 6.07 Å². The topological polar surface area (TPSA) is 87.5 Å². The van der Waals surface area contributed by atoms with E-state index in [9.17, 15) is 14.4 Å². The van der Waals surface area contributed by atoms with E-state index in [1.165, 1.54) is 12.1 Å². The van der Waals surface area contributed by atoms with Gasteiger partial charge in [-0.3, -0.25) is 14.5 Å². The number of nitriles is 1. The van der Waals surface area contributed by atoms with Gasteiger partial charge in [-0.2, -0.15) is 5.26 Å². The van der Waals surface area contributed by atoms with Crippen LogP contribution < -0.4 is 4.90 Å². The van der Waals surface area contributed by atoms with E-state index in [2.05, 4.69) is 0 Å². The Kier molecular flexibility index (Phi) is 4.57. The highest BCUT2D eigenvalue weighted by atomic mass is 16.5. The number of anilines is 1. The fourth-order valence-electron chi connectivity index (χ4n) is 2.52. The van der Waals surface area contributed by atoms with Gasteiger partial charge in [-0.25, -0.2) is 4.79 Å². The van der Waals surface area contributed by atoms with Crippen molar-refractivity contribution in [2.24, 2.45) is 0 Å². The fraction of sp³-hybridized carbons (Fsp3) is 0.158. The van der Waals surface area contributed by atoms with Gasteiger partial charge >= 0.3 is 5.97 Å². The third-order valence-corrected chi connectivity index (χ3v) is 3.87. The van der Waals surface area contributed by atoms with Crippen LogP contribution in [0.15, 0.2) is 48.5 Å². The van der Waals surface area contributed by atoms with Gasteiger partial charge in [-0.05, 0) is 42.0 Å². The maximum absolute atomic E-state index is 12.1. The molecule has 6 heteroatoms. The predicted octanol–water partition coefficient (Wildman–Crippen LogP) is 2.57. The van der Waals surface area contributed by atoms with Crippen molar-refractivity contribution in [1.82, 2.24) is 0 Å². The third kappa shape index (κ3) is 3.56. The molecule has 25 heavy (non-hydrogen) atoms. The summed E-state index contributed by atoms with van der Waals surface area (Å²) in [7, 11) is 0. The first kappa shape index (κ1) is 16.4. The summed E-state index contributed by atoms with van der Waals surface area (Å²) in [6.45, 7) is 0.0926. The average Bonchev–Trinajstić information content (AvgIpc) is 2.98. The minimum absolute atomic E-state index is 0.0926. The Morgan fingerprint density at radius 2 is 1.60 bits per heavy atom. The number of rotatable bonds is 4. The van der Waals surface area contributed by atoms with Crippen molar-refractivity contribution in [1.29, 1.82) is 5.26 Å². The predicted molar refractivity (Wildman–Crippen MR) is 88.4 cm³/mol. The van der Waals surface area contributed by atoms with Crippen LogP contribution in [0.4, 0.5) is 5.69 Å². The molecule has 0 atom stereocenters. The summed E-state index contributed by atoms with van der Waals surface area (Å²) >= 11 is 0. The molecule has 2 amide bonds. The molecule has 0 bridgehead atoms. The Morgan fingerprint density at radius 3 is 2.16 bits per heavy atom. The van der Waals surface area contributed by atoms with Gasteiger partial charge in [0.05, 0.1) is 22.9 Å². The average molecular weight is 334 g/mol. The molecule has 1 fully saturated rings. The molecule has 1 aliphatic rings. The largest absolute Gasteiger partial charge is 0.457 e. The first-order valence-corrected chi connectivity index (χ1v) is 7.70. The summed E-state index contributed by atoms with van der Waals surface area (Å²) in [6.07, 6.45) is 0.431. The molecule has 3 rings (SSSR count). The molecule has 0 unspecified atom stereocenters. The molecule has 2 aromatic rings. The highest BCUT2D eigenvalue weighted by Gasteiger charge is 2.30. The van der Waals surface area contributed by atoms with Crippen LogP contribution >= 0.6 is 0 Å². The molecule has 6 nitrogen and oxygen atoms in total. The lowest BCUT2D eigenvalue weighted by atomic mass is 10.1. The van der Waals surface area contributed by atoms with Crippen molar-refractivity contribution in [3.63, 3.8) is 0 Å². The molecule has 0 N–H and O–H groups in total. The molecule has 124 valence electrons. The number of benzene rings is 2. The first-order valence-electron chi connectivity index (χ1n) is 7.70. The molecule has 1 saturated heterocycles. The lowest BCUT2D eigenvalue weighted by Gasteiger charge is -2.14. The smallest absolute Gasteiger partial charge is 0.338 e. The number of nitrogens with zero attached hydrogens (tertiary/aromatic N) is 2. The van der Waals surface area contributed by atoms with Gasteiger partial charge < -0.3 is 4.74 Å². The number of imide groups is 1. The van der Waals surface area contributed by atoms with Gasteiger partial charge in [0, 0.05) is 12.8 Å². The van der Waals surface area contributed by atoms with E-state index in [0.717, 1.165) is 10.5 Å². The molecule has 0 aliphatic carbocycles. The Morgan fingerprint density at radius 1 is 1.00 bits per heavy atom. The number of carbonyl (C=O) groups is 3. The minimum atomic E-state index is -0.505. The summed E-state index contributed by atoms with van der Waals surface area (Å²) in [5.41, 5.74) is 2.10. The quantitative estimate of drug-likeness (QED) is 0.633. The second-order valence-corrected chi connectivity index (χ2v) is 5.55. The summed E-state index contributed by atoms with van der Waals surface area (Å²) < 4.78 is 5.23. The normalized spacial score (nSPS) is 13.6. The van der Waals surface area contributed by atoms with Gasteiger partial charge in [0.25, 0.3) is 0 Å². The summed E-state index contributed by atoms with van der Waals surface area (Å²) in [6, 6.07) is 14.9. The third-order valence-electron chi connectivity index (χ3n) is 3.87. The van der Waals surface area contributed by atoms with Crippen molar-refractivity contribution in [3.8, 4) is 6.07 Å². The number of amides is 2. The number of carbonyl (C=O) groups excluding carboxylic acids is 3. The minimum Gasteiger partial charge on any atom is -0.457 e. The van der Waals surface area contributed by atoms with E-state index in [-0.39, 0.29) is 31.3 Å². The van der Waals surface area contributed by atoms with Crippen molar-refractivity contribution in [3.05, 3.63) is 65.2 Å². The van der Waals surface area contributed by atoms with Crippen LogP contribution in [0.2, 0.25) is 0 Å². The number of hydrogen-bond acceptors (Lipinski definition) is 5. The van der Waals surface area contributed by atoms with E-state index >= 15 is 0 Å². The van der Waals surface area contributed by atoms with Gasteiger partial charge in [-0.1, -0.05) is 12.1 Å². The van der Waals surface area contributed by atoms with Crippen LogP contribution in [0.1, 0.15) is 34.3 Å². The molecular formula is C19H14N2O4. The number of esters is 1. The Hall–Kier alpha value is -3.46. The van der Waals surface area contributed by atoms with Crippen LogP contribution in [0.3, 0.4) is 0 Å². The zero-order valence-electron chi connectivity index (χ0n) is 13.3. The SMILES string of the molecule is N#Cc1ccc(COC(=O)c2ccc(N3C(=O)CCC3=O)cc2)cc1. The van der Waals surface area contributed by atoms with Crippen LogP contribution in [-0.4, -0.2) is 17.8 Å². The van der Waals surface area contributed by atoms with Gasteiger partial charge in [-0.15, -0.1) is 0 Å².